The minimum atomic E-state index is 0. The first-order valence-electron chi connectivity index (χ1n) is 3.93. The van der Waals surface area contributed by atoms with Gasteiger partial charge < -0.3 is 20.9 Å². The molecule has 0 aliphatic carbocycles. The Balaban J connectivity index is 0. The van der Waals surface area contributed by atoms with Crippen LogP contribution in [0, 0.1) is 0 Å². The highest BCUT2D eigenvalue weighted by Gasteiger charge is 2.08. The van der Waals surface area contributed by atoms with Crippen LogP contribution in [0.3, 0.4) is 0 Å². The third kappa shape index (κ3) is 3.66. The van der Waals surface area contributed by atoms with Crippen molar-refractivity contribution < 1.29 is 9.47 Å². The van der Waals surface area contributed by atoms with Crippen LogP contribution in [-0.2, 0) is 6.54 Å². The lowest BCUT2D eigenvalue weighted by Gasteiger charge is -2.11. The number of halogens is 2. The van der Waals surface area contributed by atoms with Crippen molar-refractivity contribution in [3.05, 3.63) is 17.7 Å². The van der Waals surface area contributed by atoms with Gasteiger partial charge in [-0.05, 0) is 17.7 Å². The normalized spacial score (nSPS) is 8.47. The zero-order chi connectivity index (χ0) is 9.84. The van der Waals surface area contributed by atoms with Crippen LogP contribution in [-0.4, -0.2) is 14.2 Å². The lowest BCUT2D eigenvalue weighted by Crippen LogP contribution is -2.01. The van der Waals surface area contributed by atoms with Gasteiger partial charge in [-0.3, -0.25) is 0 Å². The highest BCUT2D eigenvalue weighted by Crippen LogP contribution is 2.34. The molecule has 1 aromatic rings. The summed E-state index contributed by atoms with van der Waals surface area (Å²) in [6.07, 6.45) is 0. The summed E-state index contributed by atoms with van der Waals surface area (Å²) in [5, 5.41) is 0. The van der Waals surface area contributed by atoms with Gasteiger partial charge in [-0.1, -0.05) is 0 Å². The monoisotopic (exact) mass is 254 g/mol. The molecular weight excluding hydrogens is 239 g/mol. The van der Waals surface area contributed by atoms with Gasteiger partial charge in [-0.15, -0.1) is 24.8 Å². The first kappa shape index (κ1) is 16.6. The molecule has 0 aliphatic heterocycles. The quantitative estimate of drug-likeness (QED) is 0.804. The van der Waals surface area contributed by atoms with E-state index >= 15 is 0 Å². The predicted octanol–water partition coefficient (Wildman–Crippen LogP) is 1.59. The molecule has 0 saturated heterocycles. The fourth-order valence-corrected chi connectivity index (χ4v) is 1.17. The van der Waals surface area contributed by atoms with Crippen LogP contribution < -0.4 is 20.9 Å². The first-order valence-corrected chi connectivity index (χ1v) is 3.93. The summed E-state index contributed by atoms with van der Waals surface area (Å²) in [5.74, 6) is 1.17. The number of hydrogen-bond donors (Lipinski definition) is 2. The Hall–Kier alpha value is -0.840. The number of ether oxygens (including phenoxy) is 2. The molecule has 0 saturated carbocycles. The van der Waals surface area contributed by atoms with Gasteiger partial charge in [0.1, 0.15) is 0 Å². The molecule has 4 N–H and O–H groups in total. The summed E-state index contributed by atoms with van der Waals surface area (Å²) >= 11 is 0. The molecule has 0 atom stereocenters. The highest BCUT2D eigenvalue weighted by atomic mass is 35.5. The summed E-state index contributed by atoms with van der Waals surface area (Å²) in [6.45, 7) is 0.435. The molecule has 0 radical (unpaired) electrons. The Morgan fingerprint density at radius 3 is 2.13 bits per heavy atom. The molecule has 0 spiro atoms. The van der Waals surface area contributed by atoms with E-state index in [1.807, 2.05) is 6.07 Å². The predicted molar refractivity (Wildman–Crippen MR) is 66.3 cm³/mol. The Labute approximate surface area is 102 Å². The van der Waals surface area contributed by atoms with Gasteiger partial charge in [0.25, 0.3) is 0 Å². The van der Waals surface area contributed by atoms with Crippen LogP contribution in [0.5, 0.6) is 11.5 Å². The molecule has 4 nitrogen and oxygen atoms in total. The summed E-state index contributed by atoms with van der Waals surface area (Å²) in [4.78, 5) is 0. The van der Waals surface area contributed by atoms with E-state index in [1.54, 1.807) is 20.3 Å². The van der Waals surface area contributed by atoms with Crippen LogP contribution in [0.15, 0.2) is 12.1 Å². The van der Waals surface area contributed by atoms with Gasteiger partial charge >= 0.3 is 0 Å². The van der Waals surface area contributed by atoms with Crippen molar-refractivity contribution in [2.24, 2.45) is 5.73 Å². The van der Waals surface area contributed by atoms with Crippen molar-refractivity contribution in [2.75, 3.05) is 20.0 Å². The van der Waals surface area contributed by atoms with E-state index in [9.17, 15) is 0 Å². The second kappa shape index (κ2) is 7.45. The SMILES string of the molecule is COc1cc(CN)cc(N)c1OC.Cl.Cl. The molecule has 6 heteroatoms. The van der Waals surface area contributed by atoms with Crippen molar-refractivity contribution in [1.29, 1.82) is 0 Å². The number of rotatable bonds is 3. The van der Waals surface area contributed by atoms with E-state index in [-0.39, 0.29) is 24.8 Å². The van der Waals surface area contributed by atoms with Crippen molar-refractivity contribution in [3.8, 4) is 11.5 Å². The molecule has 88 valence electrons. The number of hydrogen-bond acceptors (Lipinski definition) is 4. The van der Waals surface area contributed by atoms with E-state index in [2.05, 4.69) is 0 Å². The average molecular weight is 255 g/mol. The third-order valence-corrected chi connectivity index (χ3v) is 1.80. The molecule has 1 rings (SSSR count). The number of anilines is 1. The lowest BCUT2D eigenvalue weighted by molar-refractivity contribution is 0.356. The van der Waals surface area contributed by atoms with Crippen LogP contribution in [0.1, 0.15) is 5.56 Å². The summed E-state index contributed by atoms with van der Waals surface area (Å²) in [5.41, 5.74) is 12.7. The standard InChI is InChI=1S/C9H14N2O2.2ClH/c1-12-8-4-6(5-10)3-7(11)9(8)13-2;;/h3-4H,5,10-11H2,1-2H3;2*1H. The second-order valence-corrected chi connectivity index (χ2v) is 2.62. The Kier molecular flexibility index (Phi) is 8.24. The van der Waals surface area contributed by atoms with Gasteiger partial charge in [0.05, 0.1) is 19.9 Å². The fraction of sp³-hybridized carbons (Fsp3) is 0.333. The molecular formula is C9H16Cl2N2O2. The highest BCUT2D eigenvalue weighted by molar-refractivity contribution is 5.85. The molecule has 0 amide bonds. The number of methoxy groups -OCH3 is 2. The lowest BCUT2D eigenvalue weighted by atomic mass is 10.1. The minimum absolute atomic E-state index is 0. The number of nitrogens with two attached hydrogens (primary N) is 2. The molecule has 0 aromatic heterocycles. The van der Waals surface area contributed by atoms with Gasteiger partial charge in [-0.25, -0.2) is 0 Å². The molecule has 0 unspecified atom stereocenters. The van der Waals surface area contributed by atoms with Crippen LogP contribution in [0.25, 0.3) is 0 Å². The van der Waals surface area contributed by atoms with Gasteiger partial charge in [0.15, 0.2) is 11.5 Å². The van der Waals surface area contributed by atoms with Crippen LogP contribution in [0.2, 0.25) is 0 Å². The van der Waals surface area contributed by atoms with Crippen molar-refractivity contribution in [2.45, 2.75) is 6.54 Å². The number of nitrogen functional groups attached to an aromatic ring is 1. The average Bonchev–Trinajstić information content (AvgIpc) is 2.16. The topological polar surface area (TPSA) is 70.5 Å². The molecule has 15 heavy (non-hydrogen) atoms. The van der Waals surface area contributed by atoms with Crippen molar-refractivity contribution in [3.63, 3.8) is 0 Å². The summed E-state index contributed by atoms with van der Waals surface area (Å²) < 4.78 is 10.2. The third-order valence-electron chi connectivity index (χ3n) is 1.80. The van der Waals surface area contributed by atoms with Gasteiger partial charge in [0, 0.05) is 6.54 Å². The maximum Gasteiger partial charge on any atom is 0.183 e. The van der Waals surface area contributed by atoms with Gasteiger partial charge in [-0.2, -0.15) is 0 Å². The smallest absolute Gasteiger partial charge is 0.183 e. The fourth-order valence-electron chi connectivity index (χ4n) is 1.17. The van der Waals surface area contributed by atoms with E-state index in [0.717, 1.165) is 5.56 Å². The minimum Gasteiger partial charge on any atom is -0.493 e. The molecule has 0 heterocycles. The largest absolute Gasteiger partial charge is 0.493 e. The van der Waals surface area contributed by atoms with Crippen LogP contribution >= 0.6 is 24.8 Å². The van der Waals surface area contributed by atoms with Gasteiger partial charge in [0.2, 0.25) is 0 Å². The Bertz CT molecular complexity index is 308. The molecule has 1 aromatic carbocycles. The maximum absolute atomic E-state index is 5.72. The zero-order valence-corrected chi connectivity index (χ0v) is 10.3. The molecule has 0 fully saturated rings. The summed E-state index contributed by atoms with van der Waals surface area (Å²) in [6, 6.07) is 3.59. The first-order chi connectivity index (χ1) is 6.22. The van der Waals surface area contributed by atoms with E-state index in [1.165, 1.54) is 0 Å². The Morgan fingerprint density at radius 1 is 1.13 bits per heavy atom. The van der Waals surface area contributed by atoms with Crippen LogP contribution in [0.4, 0.5) is 5.69 Å². The second-order valence-electron chi connectivity index (χ2n) is 2.62. The molecule has 0 aliphatic rings. The number of benzene rings is 1. The maximum atomic E-state index is 5.72. The van der Waals surface area contributed by atoms with Crippen molar-refractivity contribution >= 4 is 30.5 Å². The zero-order valence-electron chi connectivity index (χ0n) is 8.65. The Morgan fingerprint density at radius 2 is 1.73 bits per heavy atom. The molecule has 0 bridgehead atoms. The van der Waals surface area contributed by atoms with E-state index < -0.39 is 0 Å². The summed E-state index contributed by atoms with van der Waals surface area (Å²) in [7, 11) is 3.12. The van der Waals surface area contributed by atoms with E-state index in [4.69, 9.17) is 20.9 Å². The van der Waals surface area contributed by atoms with Crippen molar-refractivity contribution in [1.82, 2.24) is 0 Å². The van der Waals surface area contributed by atoms with E-state index in [0.29, 0.717) is 23.7 Å².